The summed E-state index contributed by atoms with van der Waals surface area (Å²) < 4.78 is 0. The lowest BCUT2D eigenvalue weighted by atomic mass is 10.0. The number of hydrogen-bond donors (Lipinski definition) is 1. The number of rotatable bonds is 5. The minimum Gasteiger partial charge on any atom is -0.347 e. The summed E-state index contributed by atoms with van der Waals surface area (Å²) in [6.07, 6.45) is 6.73. The van der Waals surface area contributed by atoms with Crippen LogP contribution in [0.3, 0.4) is 0 Å². The van der Waals surface area contributed by atoms with Gasteiger partial charge in [-0.2, -0.15) is 0 Å². The Hall–Kier alpha value is -0.860. The maximum atomic E-state index is 11.5. The van der Waals surface area contributed by atoms with Crippen LogP contribution in [0.4, 0.5) is 0 Å². The molecule has 3 nitrogen and oxygen atoms in total. The Morgan fingerprint density at radius 3 is 2.47 bits per heavy atom. The lowest BCUT2D eigenvalue weighted by Gasteiger charge is -2.12. The Bertz CT molecular complexity index is 232. The molecule has 86 valence electrons. The third-order valence-electron chi connectivity index (χ3n) is 3.24. The van der Waals surface area contributed by atoms with Gasteiger partial charge in [0.2, 0.25) is 5.91 Å². The second-order valence-electron chi connectivity index (χ2n) is 4.59. The molecule has 3 heteroatoms. The molecule has 0 radical (unpaired) electrons. The zero-order chi connectivity index (χ0) is 11.3. The lowest BCUT2D eigenvalue weighted by Crippen LogP contribution is -2.37. The van der Waals surface area contributed by atoms with Gasteiger partial charge in [0.25, 0.3) is 0 Å². The van der Waals surface area contributed by atoms with E-state index in [1.807, 2.05) is 0 Å². The molecule has 1 atom stereocenters. The van der Waals surface area contributed by atoms with E-state index >= 15 is 0 Å². The van der Waals surface area contributed by atoms with Crippen molar-refractivity contribution in [1.29, 1.82) is 0 Å². The standard InChI is InChI=1S/C12H21NO2/c1-9(10(2)14)13-12(15)8-7-11-5-3-4-6-11/h9,11H,3-8H2,1-2H3,(H,13,15). The van der Waals surface area contributed by atoms with Gasteiger partial charge in [-0.05, 0) is 26.2 Å². The zero-order valence-corrected chi connectivity index (χ0v) is 9.71. The van der Waals surface area contributed by atoms with Gasteiger partial charge in [0.1, 0.15) is 0 Å². The van der Waals surface area contributed by atoms with E-state index in [0.717, 1.165) is 12.3 Å². The van der Waals surface area contributed by atoms with E-state index in [9.17, 15) is 9.59 Å². The molecule has 1 aliphatic carbocycles. The summed E-state index contributed by atoms with van der Waals surface area (Å²) in [6, 6.07) is -0.332. The zero-order valence-electron chi connectivity index (χ0n) is 9.71. The van der Waals surface area contributed by atoms with Crippen LogP contribution in [0.2, 0.25) is 0 Å². The van der Waals surface area contributed by atoms with E-state index in [2.05, 4.69) is 5.32 Å². The highest BCUT2D eigenvalue weighted by Crippen LogP contribution is 2.28. The molecule has 1 saturated carbocycles. The van der Waals surface area contributed by atoms with E-state index in [1.54, 1.807) is 6.92 Å². The van der Waals surface area contributed by atoms with Gasteiger partial charge in [-0.1, -0.05) is 25.7 Å². The van der Waals surface area contributed by atoms with Crippen molar-refractivity contribution in [2.75, 3.05) is 0 Å². The van der Waals surface area contributed by atoms with Gasteiger partial charge < -0.3 is 5.32 Å². The highest BCUT2D eigenvalue weighted by Gasteiger charge is 2.17. The summed E-state index contributed by atoms with van der Waals surface area (Å²) in [7, 11) is 0. The van der Waals surface area contributed by atoms with Crippen LogP contribution in [-0.2, 0) is 9.59 Å². The minimum atomic E-state index is -0.332. The minimum absolute atomic E-state index is 0.0178. The molecule has 0 bridgehead atoms. The van der Waals surface area contributed by atoms with Gasteiger partial charge >= 0.3 is 0 Å². The van der Waals surface area contributed by atoms with Crippen molar-refractivity contribution in [3.05, 3.63) is 0 Å². The van der Waals surface area contributed by atoms with Gasteiger partial charge in [0.15, 0.2) is 5.78 Å². The number of hydrogen-bond acceptors (Lipinski definition) is 2. The molecule has 0 saturated heterocycles. The lowest BCUT2D eigenvalue weighted by molar-refractivity contribution is -0.126. The molecule has 0 aromatic carbocycles. The predicted octanol–water partition coefficient (Wildman–Crippen LogP) is 2.05. The Kier molecular flexibility index (Phi) is 4.79. The third kappa shape index (κ3) is 4.45. The number of carbonyl (C=O) groups is 2. The molecular formula is C12H21NO2. The van der Waals surface area contributed by atoms with E-state index in [-0.39, 0.29) is 17.7 Å². The van der Waals surface area contributed by atoms with Crippen LogP contribution in [0.15, 0.2) is 0 Å². The Morgan fingerprint density at radius 1 is 1.33 bits per heavy atom. The summed E-state index contributed by atoms with van der Waals surface area (Å²) >= 11 is 0. The number of Topliss-reactive ketones (excluding diaryl/α,β-unsaturated/α-hetero) is 1. The largest absolute Gasteiger partial charge is 0.347 e. The highest BCUT2D eigenvalue weighted by atomic mass is 16.2. The maximum Gasteiger partial charge on any atom is 0.220 e. The SMILES string of the molecule is CC(=O)C(C)NC(=O)CCC1CCCC1. The van der Waals surface area contributed by atoms with Crippen LogP contribution in [0.25, 0.3) is 0 Å². The van der Waals surface area contributed by atoms with Crippen molar-refractivity contribution >= 4 is 11.7 Å². The molecule has 0 spiro atoms. The molecule has 0 aliphatic heterocycles. The molecule has 0 aromatic heterocycles. The average molecular weight is 211 g/mol. The smallest absolute Gasteiger partial charge is 0.220 e. The average Bonchev–Trinajstić information content (AvgIpc) is 2.66. The maximum absolute atomic E-state index is 11.5. The quantitative estimate of drug-likeness (QED) is 0.756. The van der Waals surface area contributed by atoms with E-state index in [4.69, 9.17) is 0 Å². The van der Waals surface area contributed by atoms with Crippen LogP contribution >= 0.6 is 0 Å². The molecule has 0 aromatic rings. The molecule has 1 aliphatic rings. The monoisotopic (exact) mass is 211 g/mol. The van der Waals surface area contributed by atoms with Crippen molar-refractivity contribution in [3.63, 3.8) is 0 Å². The molecule has 1 fully saturated rings. The molecule has 1 amide bonds. The molecule has 0 heterocycles. The van der Waals surface area contributed by atoms with Crippen LogP contribution in [0, 0.1) is 5.92 Å². The molecule has 1 unspecified atom stereocenters. The summed E-state index contributed by atoms with van der Waals surface area (Å²) in [4.78, 5) is 22.4. The van der Waals surface area contributed by atoms with Crippen LogP contribution in [0.5, 0.6) is 0 Å². The Labute approximate surface area is 91.6 Å². The third-order valence-corrected chi connectivity index (χ3v) is 3.24. The number of ketones is 1. The molecule has 1 N–H and O–H groups in total. The summed E-state index contributed by atoms with van der Waals surface area (Å²) in [5.74, 6) is 0.775. The van der Waals surface area contributed by atoms with Crippen molar-refractivity contribution in [2.45, 2.75) is 58.4 Å². The van der Waals surface area contributed by atoms with E-state index < -0.39 is 0 Å². The van der Waals surface area contributed by atoms with Crippen molar-refractivity contribution < 1.29 is 9.59 Å². The first-order valence-electron chi connectivity index (χ1n) is 5.89. The Balaban J connectivity index is 2.15. The second kappa shape index (κ2) is 5.89. The van der Waals surface area contributed by atoms with Crippen molar-refractivity contribution in [3.8, 4) is 0 Å². The second-order valence-corrected chi connectivity index (χ2v) is 4.59. The fourth-order valence-corrected chi connectivity index (χ4v) is 2.05. The van der Waals surface area contributed by atoms with E-state index in [1.165, 1.54) is 32.6 Å². The fourth-order valence-electron chi connectivity index (χ4n) is 2.05. The van der Waals surface area contributed by atoms with Crippen LogP contribution in [-0.4, -0.2) is 17.7 Å². The molecule has 1 rings (SSSR count). The topological polar surface area (TPSA) is 46.2 Å². The van der Waals surface area contributed by atoms with Crippen molar-refractivity contribution in [1.82, 2.24) is 5.32 Å². The first-order chi connectivity index (χ1) is 7.09. The highest BCUT2D eigenvalue weighted by molar-refractivity contribution is 5.86. The normalized spacial score (nSPS) is 18.8. The predicted molar refractivity (Wildman–Crippen MR) is 59.5 cm³/mol. The van der Waals surface area contributed by atoms with Gasteiger partial charge in [0, 0.05) is 6.42 Å². The number of amides is 1. The van der Waals surface area contributed by atoms with Gasteiger partial charge in [0.05, 0.1) is 6.04 Å². The van der Waals surface area contributed by atoms with E-state index in [0.29, 0.717) is 6.42 Å². The first-order valence-corrected chi connectivity index (χ1v) is 5.89. The summed E-state index contributed by atoms with van der Waals surface area (Å²) in [5.41, 5.74) is 0. The summed E-state index contributed by atoms with van der Waals surface area (Å²) in [6.45, 7) is 3.23. The van der Waals surface area contributed by atoms with Gasteiger partial charge in [-0.3, -0.25) is 9.59 Å². The Morgan fingerprint density at radius 2 is 1.93 bits per heavy atom. The number of carbonyl (C=O) groups excluding carboxylic acids is 2. The fraction of sp³-hybridized carbons (Fsp3) is 0.833. The van der Waals surface area contributed by atoms with Crippen LogP contribution < -0.4 is 5.32 Å². The molecular weight excluding hydrogens is 190 g/mol. The molecule has 15 heavy (non-hydrogen) atoms. The van der Waals surface area contributed by atoms with Gasteiger partial charge in [-0.15, -0.1) is 0 Å². The summed E-state index contributed by atoms with van der Waals surface area (Å²) in [5, 5.41) is 2.71. The number of nitrogens with one attached hydrogen (secondary N) is 1. The first kappa shape index (κ1) is 12.2. The van der Waals surface area contributed by atoms with Crippen molar-refractivity contribution in [2.24, 2.45) is 5.92 Å². The van der Waals surface area contributed by atoms with Gasteiger partial charge in [-0.25, -0.2) is 0 Å². The van der Waals surface area contributed by atoms with Crippen LogP contribution in [0.1, 0.15) is 52.4 Å².